The van der Waals surface area contributed by atoms with Crippen LogP contribution in [0.5, 0.6) is 0 Å². The predicted octanol–water partition coefficient (Wildman–Crippen LogP) is 5.08. The second-order valence-electron chi connectivity index (χ2n) is 9.74. The van der Waals surface area contributed by atoms with E-state index in [1.165, 1.54) is 12.5 Å². The van der Waals surface area contributed by atoms with Gasteiger partial charge in [-0.15, -0.1) is 0 Å². The van der Waals surface area contributed by atoms with Gasteiger partial charge in [-0.1, -0.05) is 67.2 Å². The van der Waals surface area contributed by atoms with E-state index < -0.39 is 6.29 Å². The summed E-state index contributed by atoms with van der Waals surface area (Å²) in [6.07, 6.45) is 1.97. The number of carbonyl (C=O) groups excluding carboxylic acids is 1. The standard InChI is InChI=1S/C30H28N6O4S/c1-18-26(16-41-30-32-17-33-36-30)39-29(40-27(18)20-8-6-19(15-37)7-9-20)21-10-12-22(13-11-21)34-28(38)25-14-31-23-4-2-3-5-24(23)35-25/h2-14,17-18,26-27,29,37H,15-16H2,1H3,(H,34,38)(H,32,33,36)/t18-,26+,27+,29+/m0/s1. The van der Waals surface area contributed by atoms with E-state index in [2.05, 4.69) is 37.4 Å². The molecule has 0 bridgehead atoms. The lowest BCUT2D eigenvalue weighted by molar-refractivity contribution is -0.268. The summed E-state index contributed by atoms with van der Waals surface area (Å²) in [6.45, 7) is 2.10. The number of hydrogen-bond donors (Lipinski definition) is 3. The van der Waals surface area contributed by atoms with Crippen molar-refractivity contribution in [2.24, 2.45) is 5.92 Å². The average molecular weight is 569 g/mol. The Hall–Kier alpha value is -4.16. The van der Waals surface area contributed by atoms with Crippen molar-refractivity contribution in [2.45, 2.75) is 37.2 Å². The van der Waals surface area contributed by atoms with Crippen molar-refractivity contribution in [1.29, 1.82) is 0 Å². The Balaban J connectivity index is 1.19. The van der Waals surface area contributed by atoms with E-state index >= 15 is 0 Å². The molecule has 4 atom stereocenters. The molecule has 5 aromatic rings. The normalized spacial score (nSPS) is 20.6. The van der Waals surface area contributed by atoms with Gasteiger partial charge in [-0.25, -0.2) is 9.97 Å². The number of benzene rings is 3. The third-order valence-corrected chi connectivity index (χ3v) is 7.99. The van der Waals surface area contributed by atoms with Gasteiger partial charge in [0.1, 0.15) is 12.0 Å². The molecule has 0 unspecified atom stereocenters. The molecule has 6 rings (SSSR count). The minimum atomic E-state index is -0.620. The highest BCUT2D eigenvalue weighted by Gasteiger charge is 2.38. The number of aliphatic hydroxyl groups excluding tert-OH is 1. The van der Waals surface area contributed by atoms with Crippen LogP contribution in [-0.4, -0.2) is 48.0 Å². The van der Waals surface area contributed by atoms with Crippen molar-refractivity contribution in [3.8, 4) is 0 Å². The van der Waals surface area contributed by atoms with Gasteiger partial charge in [0.05, 0.1) is 36.0 Å². The first-order valence-corrected chi connectivity index (χ1v) is 14.2. The van der Waals surface area contributed by atoms with Gasteiger partial charge >= 0.3 is 0 Å². The number of fused-ring (bicyclic) bond motifs is 1. The van der Waals surface area contributed by atoms with Gasteiger partial charge < -0.3 is 19.9 Å². The van der Waals surface area contributed by atoms with Crippen LogP contribution < -0.4 is 5.32 Å². The molecule has 1 aliphatic heterocycles. The van der Waals surface area contributed by atoms with Crippen molar-refractivity contribution in [3.05, 3.63) is 108 Å². The van der Waals surface area contributed by atoms with E-state index in [-0.39, 0.29) is 36.3 Å². The molecule has 3 aromatic carbocycles. The fraction of sp³-hybridized carbons (Fsp3) is 0.233. The van der Waals surface area contributed by atoms with Crippen molar-refractivity contribution in [3.63, 3.8) is 0 Å². The monoisotopic (exact) mass is 568 g/mol. The number of ether oxygens (including phenoxy) is 2. The third-order valence-electron chi connectivity index (χ3n) is 7.02. The maximum atomic E-state index is 12.8. The Labute approximate surface area is 240 Å². The number of carbonyl (C=O) groups is 1. The lowest BCUT2D eigenvalue weighted by Crippen LogP contribution is -2.38. The zero-order valence-corrected chi connectivity index (χ0v) is 23.0. The van der Waals surface area contributed by atoms with E-state index in [1.807, 2.05) is 72.8 Å². The van der Waals surface area contributed by atoms with Crippen LogP contribution in [-0.2, 0) is 16.1 Å². The number of nitrogens with one attached hydrogen (secondary N) is 2. The molecule has 0 spiro atoms. The molecule has 1 fully saturated rings. The Bertz CT molecular complexity index is 1610. The third kappa shape index (κ3) is 6.13. The lowest BCUT2D eigenvalue weighted by Gasteiger charge is -2.41. The van der Waals surface area contributed by atoms with E-state index in [0.29, 0.717) is 17.0 Å². The van der Waals surface area contributed by atoms with Crippen LogP contribution in [0.25, 0.3) is 11.0 Å². The number of H-pyrrole nitrogens is 1. The van der Waals surface area contributed by atoms with Crippen molar-refractivity contribution >= 4 is 34.4 Å². The van der Waals surface area contributed by atoms with E-state index in [4.69, 9.17) is 9.47 Å². The molecule has 11 heteroatoms. The Morgan fingerprint density at radius 1 is 0.976 bits per heavy atom. The Kier molecular flexibility index (Phi) is 8.01. The summed E-state index contributed by atoms with van der Waals surface area (Å²) >= 11 is 1.54. The zero-order valence-electron chi connectivity index (χ0n) is 22.2. The van der Waals surface area contributed by atoms with Gasteiger partial charge in [-0.3, -0.25) is 14.9 Å². The molecule has 1 amide bonds. The van der Waals surface area contributed by atoms with Gasteiger partial charge in [-0.05, 0) is 35.4 Å². The molecule has 1 saturated heterocycles. The van der Waals surface area contributed by atoms with Crippen molar-refractivity contribution in [2.75, 3.05) is 11.1 Å². The highest BCUT2D eigenvalue weighted by atomic mass is 32.2. The van der Waals surface area contributed by atoms with Crippen LogP contribution in [0.3, 0.4) is 0 Å². The zero-order chi connectivity index (χ0) is 28.2. The minimum Gasteiger partial charge on any atom is -0.392 e. The molecule has 10 nitrogen and oxygen atoms in total. The SMILES string of the molecule is C[C@H]1[C@@H](CSc2ncn[nH]2)O[C@@H](c2ccc(NC(=O)c3cnc4ccccc4n3)cc2)O[C@H]1c1ccc(CO)cc1. The summed E-state index contributed by atoms with van der Waals surface area (Å²) in [4.78, 5) is 25.8. The lowest BCUT2D eigenvalue weighted by atomic mass is 9.91. The van der Waals surface area contributed by atoms with Gasteiger partial charge in [0.15, 0.2) is 11.4 Å². The van der Waals surface area contributed by atoms with Crippen LogP contribution in [0, 0.1) is 5.92 Å². The van der Waals surface area contributed by atoms with Crippen LogP contribution in [0.1, 0.15) is 46.5 Å². The van der Waals surface area contributed by atoms with Gasteiger partial charge in [0.2, 0.25) is 0 Å². The van der Waals surface area contributed by atoms with Gasteiger partial charge in [0, 0.05) is 22.9 Å². The maximum Gasteiger partial charge on any atom is 0.275 e. The van der Waals surface area contributed by atoms with Crippen LogP contribution >= 0.6 is 11.8 Å². The summed E-state index contributed by atoms with van der Waals surface area (Å²) in [5, 5.41) is 19.9. The molecule has 41 heavy (non-hydrogen) atoms. The first-order chi connectivity index (χ1) is 20.1. The fourth-order valence-electron chi connectivity index (χ4n) is 4.72. The summed E-state index contributed by atoms with van der Waals surface area (Å²) in [5.74, 6) is 0.358. The minimum absolute atomic E-state index is 0.0140. The molecule has 3 N–H and O–H groups in total. The quantitative estimate of drug-likeness (QED) is 0.219. The molecule has 208 valence electrons. The molecule has 0 aliphatic carbocycles. The molecule has 2 aromatic heterocycles. The highest BCUT2D eigenvalue weighted by Crippen LogP contribution is 2.43. The number of nitrogens with zero attached hydrogens (tertiary/aromatic N) is 4. The summed E-state index contributed by atoms with van der Waals surface area (Å²) in [5.41, 5.74) is 4.93. The van der Waals surface area contributed by atoms with Crippen LogP contribution in [0.4, 0.5) is 5.69 Å². The summed E-state index contributed by atoms with van der Waals surface area (Å²) < 4.78 is 13.0. The number of amides is 1. The maximum absolute atomic E-state index is 12.8. The molecular weight excluding hydrogens is 540 g/mol. The Morgan fingerprint density at radius 3 is 2.46 bits per heavy atom. The summed E-state index contributed by atoms with van der Waals surface area (Å²) in [6, 6.07) is 22.6. The summed E-state index contributed by atoms with van der Waals surface area (Å²) in [7, 11) is 0. The number of para-hydroxylation sites is 2. The molecule has 0 radical (unpaired) electrons. The van der Waals surface area contributed by atoms with Crippen LogP contribution in [0.2, 0.25) is 0 Å². The first kappa shape index (κ1) is 27.0. The van der Waals surface area contributed by atoms with Gasteiger partial charge in [-0.2, -0.15) is 5.10 Å². The molecular formula is C30H28N6O4S. The molecule has 0 saturated carbocycles. The van der Waals surface area contributed by atoms with E-state index in [0.717, 1.165) is 27.4 Å². The largest absolute Gasteiger partial charge is 0.392 e. The van der Waals surface area contributed by atoms with Crippen molar-refractivity contribution < 1.29 is 19.4 Å². The molecule has 3 heterocycles. The smallest absolute Gasteiger partial charge is 0.275 e. The second kappa shape index (κ2) is 12.1. The average Bonchev–Trinajstić information content (AvgIpc) is 3.55. The number of anilines is 1. The first-order valence-electron chi connectivity index (χ1n) is 13.2. The number of aromatic nitrogens is 5. The predicted molar refractivity (Wildman–Crippen MR) is 154 cm³/mol. The van der Waals surface area contributed by atoms with Crippen molar-refractivity contribution in [1.82, 2.24) is 25.1 Å². The Morgan fingerprint density at radius 2 is 1.73 bits per heavy atom. The molecule has 1 aliphatic rings. The number of hydrogen-bond acceptors (Lipinski definition) is 9. The number of aromatic amines is 1. The second-order valence-corrected chi connectivity index (χ2v) is 10.8. The number of thioether (sulfide) groups is 1. The number of rotatable bonds is 8. The van der Waals surface area contributed by atoms with Gasteiger partial charge in [0.25, 0.3) is 5.91 Å². The highest BCUT2D eigenvalue weighted by molar-refractivity contribution is 7.99. The topological polar surface area (TPSA) is 135 Å². The van der Waals surface area contributed by atoms with E-state index in [9.17, 15) is 9.90 Å². The number of aliphatic hydroxyl groups is 1. The van der Waals surface area contributed by atoms with E-state index in [1.54, 1.807) is 11.8 Å². The fourth-order valence-corrected chi connectivity index (χ4v) is 5.66. The van der Waals surface area contributed by atoms with Crippen LogP contribution in [0.15, 0.2) is 90.5 Å².